The van der Waals surface area contributed by atoms with E-state index >= 15 is 0 Å². The van der Waals surface area contributed by atoms with E-state index in [4.69, 9.17) is 11.6 Å². The number of alkyl halides is 3. The van der Waals surface area contributed by atoms with E-state index < -0.39 is 11.6 Å². The van der Waals surface area contributed by atoms with Crippen molar-refractivity contribution in [3.8, 4) is 0 Å². The number of halogens is 4. The van der Waals surface area contributed by atoms with E-state index in [1.54, 1.807) is 7.05 Å². The molecule has 0 aromatic carbocycles. The van der Waals surface area contributed by atoms with E-state index in [1.165, 1.54) is 28.6 Å². The Balaban J connectivity index is 2.38. The topological polar surface area (TPSA) is 33.4 Å². The largest absolute Gasteiger partial charge is 0.401 e. The van der Waals surface area contributed by atoms with Gasteiger partial charge in [0.2, 0.25) is 0 Å². The van der Waals surface area contributed by atoms with Crippen molar-refractivity contribution in [2.45, 2.75) is 18.5 Å². The second-order valence-corrected chi connectivity index (χ2v) is 5.30. The first-order valence-electron chi connectivity index (χ1n) is 5.57. The third kappa shape index (κ3) is 1.54. The number of fused-ring (bicyclic) bond motifs is 3. The molecule has 0 amide bonds. The zero-order chi connectivity index (χ0) is 14.0. The van der Waals surface area contributed by atoms with Crippen LogP contribution in [0.4, 0.5) is 18.9 Å². The molecular weight excluding hydrogens is 281 g/mol. The molecule has 0 bridgehead atoms. The first-order chi connectivity index (χ1) is 8.74. The fraction of sp³-hybridized carbons (Fsp3) is 0.455. The number of hydrogen-bond acceptors (Lipinski definition) is 3. The van der Waals surface area contributed by atoms with E-state index in [0.717, 1.165) is 0 Å². The highest BCUT2D eigenvalue weighted by Crippen LogP contribution is 2.49. The maximum atomic E-state index is 13.4. The molecule has 3 heterocycles. The molecule has 102 valence electrons. The highest BCUT2D eigenvalue weighted by Gasteiger charge is 2.59. The Hall–Kier alpha value is -1.50. The van der Waals surface area contributed by atoms with Gasteiger partial charge in [0.25, 0.3) is 0 Å². The van der Waals surface area contributed by atoms with Gasteiger partial charge in [-0.05, 0) is 6.92 Å². The van der Waals surface area contributed by atoms with Crippen molar-refractivity contribution in [1.29, 1.82) is 0 Å². The molecule has 0 saturated heterocycles. The van der Waals surface area contributed by atoms with Gasteiger partial charge >= 0.3 is 6.18 Å². The van der Waals surface area contributed by atoms with Crippen LogP contribution in [-0.4, -0.2) is 34.4 Å². The van der Waals surface area contributed by atoms with Crippen LogP contribution in [0.3, 0.4) is 0 Å². The summed E-state index contributed by atoms with van der Waals surface area (Å²) in [5.41, 5.74) is -1.17. The molecule has 2 aromatic heterocycles. The fourth-order valence-corrected chi connectivity index (χ4v) is 2.72. The molecule has 0 aliphatic carbocycles. The van der Waals surface area contributed by atoms with Crippen molar-refractivity contribution in [1.82, 2.24) is 14.6 Å². The highest BCUT2D eigenvalue weighted by molar-refractivity contribution is 6.29. The summed E-state index contributed by atoms with van der Waals surface area (Å²) in [5, 5.41) is 4.05. The molecule has 1 atom stereocenters. The van der Waals surface area contributed by atoms with Crippen LogP contribution in [0.5, 0.6) is 0 Å². The lowest BCUT2D eigenvalue weighted by molar-refractivity contribution is -0.181. The second-order valence-electron chi connectivity index (χ2n) is 4.92. The Morgan fingerprint density at radius 1 is 1.42 bits per heavy atom. The fourth-order valence-electron chi connectivity index (χ4n) is 2.55. The first kappa shape index (κ1) is 12.5. The number of hydrogen-bond donors (Lipinski definition) is 0. The standard InChI is InChI=1S/C11H10ClF3N4/c1-10(11(13,14)15)5-18(2)6-4-16-8-3-7(12)17-19(8)9(6)10/h3-4H,5H2,1-2H3. The van der Waals surface area contributed by atoms with Crippen LogP contribution in [0.1, 0.15) is 12.6 Å². The van der Waals surface area contributed by atoms with Gasteiger partial charge in [-0.3, -0.25) is 0 Å². The van der Waals surface area contributed by atoms with Crippen molar-refractivity contribution in [3.63, 3.8) is 0 Å². The Labute approximate surface area is 111 Å². The average molecular weight is 291 g/mol. The summed E-state index contributed by atoms with van der Waals surface area (Å²) >= 11 is 5.76. The van der Waals surface area contributed by atoms with Gasteiger partial charge in [0.05, 0.1) is 17.6 Å². The SMILES string of the molecule is CN1CC(C)(C(F)(F)F)c2c1cnc1cc(Cl)nn21. The van der Waals surface area contributed by atoms with E-state index in [9.17, 15) is 13.2 Å². The Bertz CT molecular complexity index is 666. The minimum absolute atomic E-state index is 0.0828. The molecule has 0 N–H and O–H groups in total. The van der Waals surface area contributed by atoms with E-state index in [1.807, 2.05) is 0 Å². The van der Waals surface area contributed by atoms with Crippen LogP contribution in [-0.2, 0) is 5.41 Å². The molecule has 0 saturated carbocycles. The summed E-state index contributed by atoms with van der Waals surface area (Å²) in [6.45, 7) is 1.01. The number of rotatable bonds is 0. The van der Waals surface area contributed by atoms with Crippen LogP contribution in [0.25, 0.3) is 5.65 Å². The van der Waals surface area contributed by atoms with Gasteiger partial charge in [0, 0.05) is 19.7 Å². The summed E-state index contributed by atoms with van der Waals surface area (Å²) in [4.78, 5) is 5.61. The van der Waals surface area contributed by atoms with Crippen LogP contribution in [0.2, 0.25) is 5.15 Å². The van der Waals surface area contributed by atoms with E-state index in [2.05, 4.69) is 10.1 Å². The van der Waals surface area contributed by atoms with Crippen LogP contribution >= 0.6 is 11.6 Å². The summed E-state index contributed by atoms with van der Waals surface area (Å²) in [5.74, 6) is 0. The molecule has 19 heavy (non-hydrogen) atoms. The highest BCUT2D eigenvalue weighted by atomic mass is 35.5. The van der Waals surface area contributed by atoms with Crippen LogP contribution in [0.15, 0.2) is 12.3 Å². The molecule has 8 heteroatoms. The number of anilines is 1. The van der Waals surface area contributed by atoms with Crippen molar-refractivity contribution in [3.05, 3.63) is 23.1 Å². The summed E-state index contributed by atoms with van der Waals surface area (Å²) in [7, 11) is 1.61. The van der Waals surface area contributed by atoms with Gasteiger partial charge in [-0.2, -0.15) is 18.3 Å². The molecule has 1 aliphatic heterocycles. The molecule has 0 spiro atoms. The van der Waals surface area contributed by atoms with Crippen molar-refractivity contribution < 1.29 is 13.2 Å². The van der Waals surface area contributed by atoms with Gasteiger partial charge < -0.3 is 4.90 Å². The molecule has 4 nitrogen and oxygen atoms in total. The van der Waals surface area contributed by atoms with Gasteiger partial charge in [0.1, 0.15) is 5.41 Å². The molecular formula is C11H10ClF3N4. The lowest BCUT2D eigenvalue weighted by Crippen LogP contribution is -2.43. The number of aromatic nitrogens is 3. The summed E-state index contributed by atoms with van der Waals surface area (Å²) < 4.78 is 41.4. The maximum Gasteiger partial charge on any atom is 0.401 e. The minimum Gasteiger partial charge on any atom is -0.371 e. The summed E-state index contributed by atoms with van der Waals surface area (Å²) in [6, 6.07) is 1.44. The van der Waals surface area contributed by atoms with Gasteiger partial charge in [-0.1, -0.05) is 11.6 Å². The Kier molecular flexibility index (Phi) is 2.33. The van der Waals surface area contributed by atoms with Crippen molar-refractivity contribution in [2.24, 2.45) is 0 Å². The predicted molar refractivity (Wildman–Crippen MR) is 64.7 cm³/mol. The number of nitrogens with zero attached hydrogens (tertiary/aromatic N) is 4. The Morgan fingerprint density at radius 2 is 2.11 bits per heavy atom. The van der Waals surface area contributed by atoms with Gasteiger partial charge in [0.15, 0.2) is 10.8 Å². The van der Waals surface area contributed by atoms with Crippen LogP contribution < -0.4 is 4.90 Å². The molecule has 0 radical (unpaired) electrons. The minimum atomic E-state index is -4.38. The second kappa shape index (κ2) is 3.53. The molecule has 2 aromatic rings. The maximum absolute atomic E-state index is 13.4. The summed E-state index contributed by atoms with van der Waals surface area (Å²) in [6.07, 6.45) is -2.95. The number of likely N-dealkylation sites (N-methyl/N-ethyl adjacent to an activating group) is 1. The van der Waals surface area contributed by atoms with Crippen LogP contribution in [0, 0.1) is 0 Å². The monoisotopic (exact) mass is 290 g/mol. The third-order valence-corrected chi connectivity index (χ3v) is 3.73. The normalized spacial score (nSPS) is 23.2. The lowest BCUT2D eigenvalue weighted by Gasteiger charge is -2.27. The zero-order valence-corrected chi connectivity index (χ0v) is 10.9. The molecule has 1 aliphatic rings. The van der Waals surface area contributed by atoms with Crippen molar-refractivity contribution in [2.75, 3.05) is 18.5 Å². The molecule has 0 fully saturated rings. The molecule has 3 rings (SSSR count). The van der Waals surface area contributed by atoms with Crippen molar-refractivity contribution >= 4 is 22.9 Å². The third-order valence-electron chi connectivity index (χ3n) is 3.55. The Morgan fingerprint density at radius 3 is 2.74 bits per heavy atom. The van der Waals surface area contributed by atoms with E-state index in [0.29, 0.717) is 11.3 Å². The lowest BCUT2D eigenvalue weighted by atomic mass is 9.88. The van der Waals surface area contributed by atoms with Gasteiger partial charge in [-0.25, -0.2) is 9.50 Å². The first-order valence-corrected chi connectivity index (χ1v) is 5.94. The molecule has 1 unspecified atom stereocenters. The predicted octanol–water partition coefficient (Wildman–Crippen LogP) is 2.65. The average Bonchev–Trinajstić information content (AvgIpc) is 2.76. The smallest absolute Gasteiger partial charge is 0.371 e. The van der Waals surface area contributed by atoms with Gasteiger partial charge in [-0.15, -0.1) is 0 Å². The zero-order valence-electron chi connectivity index (χ0n) is 10.2. The van der Waals surface area contributed by atoms with E-state index in [-0.39, 0.29) is 17.4 Å². The quantitative estimate of drug-likeness (QED) is 0.748.